The minimum Gasteiger partial charge on any atom is -0.358 e. The molecule has 0 aliphatic carbocycles. The number of nitrogens with zero attached hydrogens (tertiary/aromatic N) is 4. The van der Waals surface area contributed by atoms with Crippen molar-refractivity contribution in [2.24, 2.45) is 0 Å². The molecule has 2 heterocycles. The van der Waals surface area contributed by atoms with E-state index in [-0.39, 0.29) is 11.9 Å². The predicted octanol–water partition coefficient (Wildman–Crippen LogP) is 4.18. The number of rotatable bonds is 7. The molecule has 1 aromatic carbocycles. The third-order valence-corrected chi connectivity index (χ3v) is 4.57. The van der Waals surface area contributed by atoms with Crippen LogP contribution in [-0.4, -0.2) is 41.0 Å². The Balaban J connectivity index is 1.76. The highest BCUT2D eigenvalue weighted by Crippen LogP contribution is 2.29. The Morgan fingerprint density at radius 3 is 2.53 bits per heavy atom. The predicted molar refractivity (Wildman–Crippen MR) is 117 cm³/mol. The number of hydrogen-bond donors (Lipinski definition) is 2. The fourth-order valence-corrected chi connectivity index (χ4v) is 3.02. The Labute approximate surface area is 183 Å². The first-order valence-corrected chi connectivity index (χ1v) is 9.83. The summed E-state index contributed by atoms with van der Waals surface area (Å²) in [7, 11) is 1.88. The van der Waals surface area contributed by atoms with Gasteiger partial charge in [-0.25, -0.2) is 15.0 Å². The quantitative estimate of drug-likeness (QED) is 0.569. The lowest BCUT2D eigenvalue weighted by Gasteiger charge is -2.18. The zero-order valence-corrected chi connectivity index (χ0v) is 17.9. The smallest absolute Gasteiger partial charge is 0.358 e. The molecule has 1 amide bonds. The van der Waals surface area contributed by atoms with E-state index in [2.05, 4.69) is 25.6 Å². The van der Waals surface area contributed by atoms with Gasteiger partial charge in [0.1, 0.15) is 11.5 Å². The third-order valence-electron chi connectivity index (χ3n) is 4.57. The molecule has 0 atom stereocenters. The topological polar surface area (TPSA) is 83.0 Å². The number of nitrogens with one attached hydrogen (secondary N) is 2. The van der Waals surface area contributed by atoms with Gasteiger partial charge in [-0.3, -0.25) is 4.79 Å². The Kier molecular flexibility index (Phi) is 6.92. The number of aromatic nitrogens is 3. The van der Waals surface area contributed by atoms with Crippen LogP contribution in [0.2, 0.25) is 0 Å². The van der Waals surface area contributed by atoms with Gasteiger partial charge in [0.25, 0.3) is 0 Å². The summed E-state index contributed by atoms with van der Waals surface area (Å²) in [4.78, 5) is 24.8. The molecule has 3 aromatic rings. The normalized spacial score (nSPS) is 11.2. The number of likely N-dealkylation sites (N-methyl/N-ethyl adjacent to an activating group) is 1. The standard InChI is InChI=1S/C22H23F3N6O/c1-14-10-17(16-4-5-20(28-13-16)31(3)9-8-26-15(2)32)12-18(11-14)29-21-27-7-6-19(30-21)22(23,24)25/h4-7,10-13H,8-9H2,1-3H3,(H,26,32)(H,27,29,30). The Hall–Kier alpha value is -3.69. The van der Waals surface area contributed by atoms with Gasteiger partial charge in [0.15, 0.2) is 0 Å². The fourth-order valence-electron chi connectivity index (χ4n) is 3.02. The van der Waals surface area contributed by atoms with Gasteiger partial charge in [-0.2, -0.15) is 13.2 Å². The molecule has 0 aliphatic heterocycles. The van der Waals surface area contributed by atoms with E-state index in [1.807, 2.05) is 37.1 Å². The van der Waals surface area contributed by atoms with Crippen LogP contribution in [-0.2, 0) is 11.0 Å². The number of carbonyl (C=O) groups is 1. The number of amides is 1. The maximum Gasteiger partial charge on any atom is 0.433 e. The molecule has 0 saturated heterocycles. The van der Waals surface area contributed by atoms with E-state index >= 15 is 0 Å². The lowest BCUT2D eigenvalue weighted by molar-refractivity contribution is -0.141. The van der Waals surface area contributed by atoms with Crippen LogP contribution < -0.4 is 15.5 Å². The number of aryl methyl sites for hydroxylation is 1. The highest BCUT2D eigenvalue weighted by Gasteiger charge is 2.32. The van der Waals surface area contributed by atoms with Crippen LogP contribution in [0.1, 0.15) is 18.2 Å². The van der Waals surface area contributed by atoms with Crippen molar-refractivity contribution < 1.29 is 18.0 Å². The molecule has 0 spiro atoms. The number of alkyl halides is 3. The van der Waals surface area contributed by atoms with E-state index < -0.39 is 11.9 Å². The number of halogens is 3. The summed E-state index contributed by atoms with van der Waals surface area (Å²) in [5.74, 6) is 0.536. The van der Waals surface area contributed by atoms with Crippen LogP contribution in [0.3, 0.4) is 0 Å². The summed E-state index contributed by atoms with van der Waals surface area (Å²) >= 11 is 0. The largest absolute Gasteiger partial charge is 0.433 e. The van der Waals surface area contributed by atoms with Gasteiger partial charge >= 0.3 is 6.18 Å². The molecule has 2 N–H and O–H groups in total. The third kappa shape index (κ3) is 6.16. The number of carbonyl (C=O) groups excluding carboxylic acids is 1. The summed E-state index contributed by atoms with van der Waals surface area (Å²) in [5, 5.41) is 5.58. The van der Waals surface area contributed by atoms with Crippen molar-refractivity contribution in [3.63, 3.8) is 0 Å². The van der Waals surface area contributed by atoms with E-state index in [1.54, 1.807) is 18.3 Å². The minimum atomic E-state index is -4.54. The van der Waals surface area contributed by atoms with Crippen molar-refractivity contribution in [2.75, 3.05) is 30.4 Å². The van der Waals surface area contributed by atoms with Gasteiger partial charge < -0.3 is 15.5 Å². The molecular formula is C22H23F3N6O. The van der Waals surface area contributed by atoms with Crippen LogP contribution in [0.4, 0.5) is 30.6 Å². The highest BCUT2D eigenvalue weighted by atomic mass is 19.4. The molecule has 10 heteroatoms. The number of hydrogen-bond acceptors (Lipinski definition) is 6. The van der Waals surface area contributed by atoms with E-state index in [0.717, 1.165) is 34.8 Å². The molecule has 0 fully saturated rings. The van der Waals surface area contributed by atoms with Crippen molar-refractivity contribution >= 4 is 23.4 Å². The molecule has 2 aromatic heterocycles. The molecule has 3 rings (SSSR count). The Morgan fingerprint density at radius 1 is 1.09 bits per heavy atom. The zero-order valence-electron chi connectivity index (χ0n) is 17.9. The van der Waals surface area contributed by atoms with Crippen molar-refractivity contribution in [1.82, 2.24) is 20.3 Å². The monoisotopic (exact) mass is 444 g/mol. The summed E-state index contributed by atoms with van der Waals surface area (Å²) in [6, 6.07) is 10.2. The second-order valence-electron chi connectivity index (χ2n) is 7.29. The number of anilines is 3. The second kappa shape index (κ2) is 9.63. The van der Waals surface area contributed by atoms with Crippen molar-refractivity contribution in [3.8, 4) is 11.1 Å². The molecule has 0 aliphatic rings. The molecular weight excluding hydrogens is 421 g/mol. The molecule has 7 nitrogen and oxygen atoms in total. The Morgan fingerprint density at radius 2 is 1.88 bits per heavy atom. The SMILES string of the molecule is CC(=O)NCCN(C)c1ccc(-c2cc(C)cc(Nc3nccc(C(F)(F)F)n3)c2)cn1. The van der Waals surface area contributed by atoms with Crippen LogP contribution >= 0.6 is 0 Å². The van der Waals surface area contributed by atoms with Crippen molar-refractivity contribution in [3.05, 3.63) is 60.0 Å². The van der Waals surface area contributed by atoms with Crippen molar-refractivity contribution in [2.45, 2.75) is 20.0 Å². The molecule has 168 valence electrons. The summed E-state index contributed by atoms with van der Waals surface area (Å²) in [6.45, 7) is 4.48. The first-order valence-electron chi connectivity index (χ1n) is 9.83. The van der Waals surface area contributed by atoms with Crippen molar-refractivity contribution in [1.29, 1.82) is 0 Å². The fraction of sp³-hybridized carbons (Fsp3) is 0.273. The van der Waals surface area contributed by atoms with E-state index in [0.29, 0.717) is 18.8 Å². The van der Waals surface area contributed by atoms with E-state index in [9.17, 15) is 18.0 Å². The first-order chi connectivity index (χ1) is 15.1. The molecule has 32 heavy (non-hydrogen) atoms. The van der Waals surface area contributed by atoms with Crippen LogP contribution in [0, 0.1) is 6.92 Å². The number of pyridine rings is 1. The summed E-state index contributed by atoms with van der Waals surface area (Å²) < 4.78 is 38.7. The highest BCUT2D eigenvalue weighted by molar-refractivity contribution is 5.73. The van der Waals surface area contributed by atoms with E-state index in [1.165, 1.54) is 6.92 Å². The zero-order chi connectivity index (χ0) is 23.3. The second-order valence-corrected chi connectivity index (χ2v) is 7.29. The molecule has 0 radical (unpaired) electrons. The van der Waals surface area contributed by atoms with Gasteiger partial charge in [-0.1, -0.05) is 6.07 Å². The van der Waals surface area contributed by atoms with Gasteiger partial charge in [0.2, 0.25) is 11.9 Å². The van der Waals surface area contributed by atoms with Crippen LogP contribution in [0.15, 0.2) is 48.8 Å². The maximum absolute atomic E-state index is 12.9. The number of benzene rings is 1. The minimum absolute atomic E-state index is 0.0823. The lowest BCUT2D eigenvalue weighted by atomic mass is 10.0. The van der Waals surface area contributed by atoms with Gasteiger partial charge in [-0.15, -0.1) is 0 Å². The molecule has 0 unspecified atom stereocenters. The average Bonchev–Trinajstić information content (AvgIpc) is 2.73. The van der Waals surface area contributed by atoms with Crippen LogP contribution in [0.25, 0.3) is 11.1 Å². The van der Waals surface area contributed by atoms with Gasteiger partial charge in [-0.05, 0) is 48.4 Å². The summed E-state index contributed by atoms with van der Waals surface area (Å²) in [5.41, 5.74) is 2.16. The van der Waals surface area contributed by atoms with E-state index in [4.69, 9.17) is 0 Å². The summed E-state index contributed by atoms with van der Waals surface area (Å²) in [6.07, 6.45) is -1.75. The molecule has 0 bridgehead atoms. The average molecular weight is 444 g/mol. The van der Waals surface area contributed by atoms with Gasteiger partial charge in [0.05, 0.1) is 0 Å². The first kappa shape index (κ1) is 23.0. The Bertz CT molecular complexity index is 1090. The lowest BCUT2D eigenvalue weighted by Crippen LogP contribution is -2.31. The maximum atomic E-state index is 12.9. The molecule has 0 saturated carbocycles. The van der Waals surface area contributed by atoms with Gasteiger partial charge in [0, 0.05) is 50.7 Å². The van der Waals surface area contributed by atoms with Crippen LogP contribution in [0.5, 0.6) is 0 Å².